The van der Waals surface area contributed by atoms with Gasteiger partial charge in [-0.15, -0.1) is 0 Å². The fourth-order valence-electron chi connectivity index (χ4n) is 2.70. The zero-order valence-electron chi connectivity index (χ0n) is 17.0. The van der Waals surface area contributed by atoms with Crippen LogP contribution in [-0.4, -0.2) is 63.5 Å². The van der Waals surface area contributed by atoms with Gasteiger partial charge in [-0.2, -0.15) is 0 Å². The molecule has 0 saturated carbocycles. The minimum atomic E-state index is -0.125. The zero-order chi connectivity index (χ0) is 20.9. The Kier molecular flexibility index (Phi) is 9.68. The van der Waals surface area contributed by atoms with Crippen LogP contribution in [0.15, 0.2) is 52.6 Å². The van der Waals surface area contributed by atoms with Crippen molar-refractivity contribution >= 4 is 18.3 Å². The maximum atomic E-state index is 12.1. The minimum absolute atomic E-state index is 0.125. The molecule has 156 valence electrons. The van der Waals surface area contributed by atoms with Crippen LogP contribution in [0.4, 0.5) is 0 Å². The van der Waals surface area contributed by atoms with Crippen molar-refractivity contribution in [2.24, 2.45) is 0 Å². The van der Waals surface area contributed by atoms with E-state index in [0.29, 0.717) is 18.0 Å². The second-order valence-corrected chi connectivity index (χ2v) is 6.49. The van der Waals surface area contributed by atoms with Gasteiger partial charge in [-0.05, 0) is 19.1 Å². The molecule has 0 atom stereocenters. The van der Waals surface area contributed by atoms with Gasteiger partial charge >= 0.3 is 0 Å². The fraction of sp³-hybridized carbons (Fsp3) is 0.364. The maximum absolute atomic E-state index is 12.1. The van der Waals surface area contributed by atoms with Crippen molar-refractivity contribution in [1.29, 1.82) is 0 Å². The van der Waals surface area contributed by atoms with Crippen LogP contribution in [-0.2, 0) is 9.53 Å². The third kappa shape index (κ3) is 8.33. The molecule has 1 aliphatic rings. The monoisotopic (exact) mass is 399 g/mol. The molecule has 1 fully saturated rings. The van der Waals surface area contributed by atoms with Crippen molar-refractivity contribution in [3.8, 4) is 0 Å². The van der Waals surface area contributed by atoms with Gasteiger partial charge in [0.2, 0.25) is 0 Å². The highest BCUT2D eigenvalue weighted by atomic mass is 16.5. The quantitative estimate of drug-likeness (QED) is 0.548. The zero-order valence-corrected chi connectivity index (χ0v) is 17.0. The molecule has 0 bridgehead atoms. The van der Waals surface area contributed by atoms with Crippen molar-refractivity contribution in [1.82, 2.24) is 15.5 Å². The molecular formula is C22H29N3O4. The van der Waals surface area contributed by atoms with Gasteiger partial charge in [-0.25, -0.2) is 0 Å². The summed E-state index contributed by atoms with van der Waals surface area (Å²) < 4.78 is 10.7. The third-order valence-electron chi connectivity index (χ3n) is 4.31. The first-order valence-electron chi connectivity index (χ1n) is 9.67. The number of nitrogens with zero attached hydrogens (tertiary/aromatic N) is 1. The highest BCUT2D eigenvalue weighted by Gasteiger charge is 2.12. The van der Waals surface area contributed by atoms with Crippen LogP contribution in [0.2, 0.25) is 0 Å². The topological polar surface area (TPSA) is 83.8 Å². The van der Waals surface area contributed by atoms with Gasteiger partial charge in [-0.1, -0.05) is 30.3 Å². The van der Waals surface area contributed by atoms with Crippen molar-refractivity contribution in [2.75, 3.05) is 46.4 Å². The van der Waals surface area contributed by atoms with Crippen LogP contribution in [0.25, 0.3) is 6.08 Å². The van der Waals surface area contributed by atoms with E-state index < -0.39 is 0 Å². The highest BCUT2D eigenvalue weighted by molar-refractivity contribution is 5.96. The summed E-state index contributed by atoms with van der Waals surface area (Å²) in [5.41, 5.74) is 1.22. The van der Waals surface area contributed by atoms with Gasteiger partial charge in [0.1, 0.15) is 23.5 Å². The molecule has 7 nitrogen and oxygen atoms in total. The van der Waals surface area contributed by atoms with E-state index in [2.05, 4.69) is 15.5 Å². The first-order valence-corrected chi connectivity index (χ1v) is 9.67. The number of ether oxygens (including phenoxy) is 1. The Labute approximate surface area is 171 Å². The lowest BCUT2D eigenvalue weighted by Gasteiger charge is -2.26. The molecule has 0 unspecified atom stereocenters. The molecule has 29 heavy (non-hydrogen) atoms. The van der Waals surface area contributed by atoms with E-state index in [0.717, 1.165) is 50.5 Å². The number of hydrogen-bond acceptors (Lipinski definition) is 6. The number of hydrogen-bond donors (Lipinski definition) is 2. The summed E-state index contributed by atoms with van der Waals surface area (Å²) in [7, 11) is 1.73. The number of morpholine rings is 1. The molecule has 3 rings (SSSR count). The van der Waals surface area contributed by atoms with Crippen LogP contribution in [0.5, 0.6) is 0 Å². The number of carbonyl (C=O) groups is 2. The summed E-state index contributed by atoms with van der Waals surface area (Å²) >= 11 is 0. The third-order valence-corrected chi connectivity index (χ3v) is 4.31. The predicted octanol–water partition coefficient (Wildman–Crippen LogP) is 2.10. The van der Waals surface area contributed by atoms with Crippen LogP contribution in [0, 0.1) is 6.92 Å². The Bertz CT molecular complexity index is 780. The summed E-state index contributed by atoms with van der Waals surface area (Å²) in [6.07, 6.45) is 2.54. The molecule has 2 N–H and O–H groups in total. The molecule has 2 aromatic rings. The van der Waals surface area contributed by atoms with Crippen LogP contribution in [0.3, 0.4) is 0 Å². The molecule has 1 amide bonds. The van der Waals surface area contributed by atoms with Gasteiger partial charge < -0.3 is 19.8 Å². The number of carbonyl (C=O) groups excluding carboxylic acids is 2. The van der Waals surface area contributed by atoms with E-state index in [1.54, 1.807) is 25.3 Å². The lowest BCUT2D eigenvalue weighted by atomic mass is 10.2. The highest BCUT2D eigenvalue weighted by Crippen LogP contribution is 2.10. The summed E-state index contributed by atoms with van der Waals surface area (Å²) in [5.74, 6) is 1.37. The Morgan fingerprint density at radius 2 is 1.86 bits per heavy atom. The van der Waals surface area contributed by atoms with Crippen LogP contribution < -0.4 is 10.6 Å². The minimum Gasteiger partial charge on any atom is -0.462 e. The number of nitrogens with one attached hydrogen (secondary N) is 2. The van der Waals surface area contributed by atoms with Crippen molar-refractivity contribution in [3.05, 3.63) is 65.2 Å². The SMILES string of the molecule is CN/C(=C\c1ccc(C)o1)C(=O)NCCN1CCOCC1.O=Cc1ccccc1. The molecule has 1 aromatic carbocycles. The molecule has 7 heteroatoms. The number of benzene rings is 1. The number of aryl methyl sites for hydroxylation is 1. The molecule has 1 aliphatic heterocycles. The predicted molar refractivity (Wildman–Crippen MR) is 113 cm³/mol. The van der Waals surface area contributed by atoms with Gasteiger partial charge in [-0.3, -0.25) is 14.5 Å². The molecular weight excluding hydrogens is 370 g/mol. The van der Waals surface area contributed by atoms with Crippen molar-refractivity contribution < 1.29 is 18.7 Å². The lowest BCUT2D eigenvalue weighted by Crippen LogP contribution is -2.42. The number of rotatable bonds is 7. The van der Waals surface area contributed by atoms with Gasteiger partial charge in [0.05, 0.1) is 13.2 Å². The Hall–Kier alpha value is -2.90. The van der Waals surface area contributed by atoms with Gasteiger partial charge in [0.15, 0.2) is 0 Å². The molecule has 0 radical (unpaired) electrons. The molecule has 1 aromatic heterocycles. The summed E-state index contributed by atoms with van der Waals surface area (Å²) in [4.78, 5) is 24.4. The summed E-state index contributed by atoms with van der Waals surface area (Å²) in [6.45, 7) is 6.73. The second kappa shape index (κ2) is 12.5. The second-order valence-electron chi connectivity index (χ2n) is 6.49. The standard InChI is InChI=1S/C15H23N3O3.C7H6O/c1-12-3-4-13(21-12)11-14(16-2)15(19)17-5-6-18-7-9-20-10-8-18;8-6-7-4-2-1-3-5-7/h3-4,11,16H,5-10H2,1-2H3,(H,17,19);1-6H/b14-11-;. The summed E-state index contributed by atoms with van der Waals surface area (Å²) in [5, 5.41) is 5.82. The number of amides is 1. The van der Waals surface area contributed by atoms with E-state index in [-0.39, 0.29) is 5.91 Å². The Morgan fingerprint density at radius 3 is 2.41 bits per heavy atom. The van der Waals surface area contributed by atoms with Crippen LogP contribution in [0.1, 0.15) is 21.9 Å². The maximum Gasteiger partial charge on any atom is 0.267 e. The lowest BCUT2D eigenvalue weighted by molar-refractivity contribution is -0.117. The Balaban J connectivity index is 0.000000313. The van der Waals surface area contributed by atoms with E-state index in [1.165, 1.54) is 0 Å². The number of furan rings is 1. The average molecular weight is 399 g/mol. The first-order chi connectivity index (χ1) is 14.1. The molecule has 2 heterocycles. The first kappa shape index (κ1) is 22.4. The van der Waals surface area contributed by atoms with Gasteiger partial charge in [0.25, 0.3) is 5.91 Å². The van der Waals surface area contributed by atoms with Crippen molar-refractivity contribution in [3.63, 3.8) is 0 Å². The van der Waals surface area contributed by atoms with E-state index in [4.69, 9.17) is 9.15 Å². The largest absolute Gasteiger partial charge is 0.462 e. The fourth-order valence-corrected chi connectivity index (χ4v) is 2.70. The molecule has 0 spiro atoms. The van der Waals surface area contributed by atoms with E-state index in [1.807, 2.05) is 37.3 Å². The van der Waals surface area contributed by atoms with E-state index >= 15 is 0 Å². The normalized spacial score (nSPS) is 14.5. The summed E-state index contributed by atoms with van der Waals surface area (Å²) in [6, 6.07) is 12.8. The van der Waals surface area contributed by atoms with E-state index in [9.17, 15) is 9.59 Å². The molecule has 0 aliphatic carbocycles. The van der Waals surface area contributed by atoms with Gasteiger partial charge in [0, 0.05) is 44.9 Å². The smallest absolute Gasteiger partial charge is 0.267 e. The molecule has 1 saturated heterocycles. The number of likely N-dealkylation sites (N-methyl/N-ethyl adjacent to an activating group) is 1. The average Bonchev–Trinajstić information content (AvgIpc) is 3.18. The Morgan fingerprint density at radius 1 is 1.14 bits per heavy atom. The van der Waals surface area contributed by atoms with Crippen molar-refractivity contribution in [2.45, 2.75) is 6.92 Å². The van der Waals surface area contributed by atoms with Crippen LogP contribution >= 0.6 is 0 Å². The number of aldehydes is 1.